The molecule has 0 spiro atoms. The second-order valence-corrected chi connectivity index (χ2v) is 5.99. The van der Waals surface area contributed by atoms with Gasteiger partial charge in [0, 0.05) is 6.20 Å². The Kier molecular flexibility index (Phi) is 4.18. The molecule has 2 heterocycles. The van der Waals surface area contributed by atoms with Crippen LogP contribution in [-0.2, 0) is 0 Å². The highest BCUT2D eigenvalue weighted by molar-refractivity contribution is 7.17. The van der Waals surface area contributed by atoms with Crippen molar-refractivity contribution < 1.29 is 4.79 Å². The first-order valence-corrected chi connectivity index (χ1v) is 7.79. The normalized spacial score (nSPS) is 10.5. The van der Waals surface area contributed by atoms with Gasteiger partial charge in [0.1, 0.15) is 9.88 Å². The molecule has 1 amide bonds. The molecule has 0 saturated carbocycles. The van der Waals surface area contributed by atoms with E-state index in [1.54, 1.807) is 18.3 Å². The SMILES string of the molecule is Cc1nc(-c2ccccn2)sc1C(=O)Nc1ccccc1Cl. The molecule has 0 unspecified atom stereocenters. The van der Waals surface area contributed by atoms with Crippen molar-refractivity contribution in [2.75, 3.05) is 5.32 Å². The number of carbonyl (C=O) groups is 1. The maximum absolute atomic E-state index is 12.4. The molecule has 6 heteroatoms. The number of para-hydroxylation sites is 1. The number of rotatable bonds is 3. The molecule has 22 heavy (non-hydrogen) atoms. The number of benzene rings is 1. The molecule has 110 valence electrons. The van der Waals surface area contributed by atoms with Gasteiger partial charge in [-0.3, -0.25) is 9.78 Å². The van der Waals surface area contributed by atoms with Gasteiger partial charge in [0.15, 0.2) is 0 Å². The lowest BCUT2D eigenvalue weighted by Crippen LogP contribution is -2.11. The fourth-order valence-corrected chi connectivity index (χ4v) is 3.07. The number of hydrogen-bond donors (Lipinski definition) is 1. The molecular weight excluding hydrogens is 318 g/mol. The molecule has 1 aromatic carbocycles. The second kappa shape index (κ2) is 6.25. The minimum Gasteiger partial charge on any atom is -0.320 e. The van der Waals surface area contributed by atoms with E-state index in [1.165, 1.54) is 11.3 Å². The number of aryl methyl sites for hydroxylation is 1. The molecule has 0 bridgehead atoms. The third kappa shape index (κ3) is 3.00. The molecule has 4 nitrogen and oxygen atoms in total. The number of anilines is 1. The molecule has 0 atom stereocenters. The fourth-order valence-electron chi connectivity index (χ4n) is 1.95. The smallest absolute Gasteiger partial charge is 0.267 e. The number of carbonyl (C=O) groups excluding carboxylic acids is 1. The van der Waals surface area contributed by atoms with E-state index in [4.69, 9.17) is 11.6 Å². The van der Waals surface area contributed by atoms with Gasteiger partial charge >= 0.3 is 0 Å². The highest BCUT2D eigenvalue weighted by atomic mass is 35.5. The summed E-state index contributed by atoms with van der Waals surface area (Å²) in [6.45, 7) is 1.81. The fraction of sp³-hybridized carbons (Fsp3) is 0.0625. The van der Waals surface area contributed by atoms with E-state index in [-0.39, 0.29) is 5.91 Å². The summed E-state index contributed by atoms with van der Waals surface area (Å²) in [7, 11) is 0. The van der Waals surface area contributed by atoms with Crippen molar-refractivity contribution >= 4 is 34.5 Å². The van der Waals surface area contributed by atoms with Crippen LogP contribution in [0.15, 0.2) is 48.7 Å². The van der Waals surface area contributed by atoms with Crippen LogP contribution in [0.1, 0.15) is 15.4 Å². The Morgan fingerprint density at radius 3 is 2.68 bits per heavy atom. The first-order valence-electron chi connectivity index (χ1n) is 6.60. The Balaban J connectivity index is 1.88. The van der Waals surface area contributed by atoms with Crippen molar-refractivity contribution in [3.8, 4) is 10.7 Å². The Bertz CT molecular complexity index is 817. The predicted octanol–water partition coefficient (Wildman–Crippen LogP) is 4.42. The number of nitrogens with one attached hydrogen (secondary N) is 1. The zero-order valence-electron chi connectivity index (χ0n) is 11.7. The standard InChI is InChI=1S/C16H12ClN3OS/c1-10-14(15(21)20-12-7-3-2-6-11(12)17)22-16(19-10)13-8-4-5-9-18-13/h2-9H,1H3,(H,20,21). The average molecular weight is 330 g/mol. The molecule has 0 fully saturated rings. The van der Waals surface area contributed by atoms with Gasteiger partial charge in [-0.05, 0) is 31.2 Å². The summed E-state index contributed by atoms with van der Waals surface area (Å²) in [5.41, 5.74) is 2.02. The van der Waals surface area contributed by atoms with Crippen LogP contribution in [-0.4, -0.2) is 15.9 Å². The van der Waals surface area contributed by atoms with Crippen LogP contribution in [0.2, 0.25) is 5.02 Å². The summed E-state index contributed by atoms with van der Waals surface area (Å²) in [6, 6.07) is 12.7. The number of thiazole rings is 1. The van der Waals surface area contributed by atoms with Crippen LogP contribution in [0.4, 0.5) is 5.69 Å². The van der Waals surface area contributed by atoms with E-state index in [9.17, 15) is 4.79 Å². The molecule has 0 aliphatic heterocycles. The molecule has 0 saturated heterocycles. The third-order valence-corrected chi connectivity index (χ3v) is 4.52. The van der Waals surface area contributed by atoms with Crippen molar-refractivity contribution in [1.29, 1.82) is 0 Å². The maximum atomic E-state index is 12.4. The molecule has 0 aliphatic carbocycles. The van der Waals surface area contributed by atoms with Crippen LogP contribution in [0.25, 0.3) is 10.7 Å². The van der Waals surface area contributed by atoms with E-state index in [1.807, 2.05) is 37.3 Å². The van der Waals surface area contributed by atoms with Crippen molar-refractivity contribution in [3.05, 3.63) is 64.3 Å². The summed E-state index contributed by atoms with van der Waals surface area (Å²) in [4.78, 5) is 21.7. The van der Waals surface area contributed by atoms with Crippen molar-refractivity contribution in [1.82, 2.24) is 9.97 Å². The lowest BCUT2D eigenvalue weighted by Gasteiger charge is -2.05. The summed E-state index contributed by atoms with van der Waals surface area (Å²) in [5.74, 6) is -0.217. The van der Waals surface area contributed by atoms with E-state index < -0.39 is 0 Å². The summed E-state index contributed by atoms with van der Waals surface area (Å²) >= 11 is 7.38. The van der Waals surface area contributed by atoms with Crippen LogP contribution < -0.4 is 5.32 Å². The van der Waals surface area contributed by atoms with Gasteiger partial charge in [-0.2, -0.15) is 0 Å². The summed E-state index contributed by atoms with van der Waals surface area (Å²) in [6.07, 6.45) is 1.70. The molecule has 1 N–H and O–H groups in total. The number of halogens is 1. The van der Waals surface area contributed by atoms with Crippen molar-refractivity contribution in [2.45, 2.75) is 6.92 Å². The second-order valence-electron chi connectivity index (χ2n) is 4.58. The minimum absolute atomic E-state index is 0.217. The largest absolute Gasteiger partial charge is 0.320 e. The highest BCUT2D eigenvalue weighted by Gasteiger charge is 2.17. The Labute approximate surface area is 136 Å². The van der Waals surface area contributed by atoms with Crippen LogP contribution in [0, 0.1) is 6.92 Å². The summed E-state index contributed by atoms with van der Waals surface area (Å²) < 4.78 is 0. The van der Waals surface area contributed by atoms with Crippen molar-refractivity contribution in [2.24, 2.45) is 0 Å². The summed E-state index contributed by atoms with van der Waals surface area (Å²) in [5, 5.41) is 4.04. The number of pyridine rings is 1. The van der Waals surface area contributed by atoms with Gasteiger partial charge in [-0.25, -0.2) is 4.98 Å². The van der Waals surface area contributed by atoms with Gasteiger partial charge in [0.05, 0.1) is 22.1 Å². The monoisotopic (exact) mass is 329 g/mol. The first-order chi connectivity index (χ1) is 10.6. The highest BCUT2D eigenvalue weighted by Crippen LogP contribution is 2.28. The number of hydrogen-bond acceptors (Lipinski definition) is 4. The van der Waals surface area contributed by atoms with Gasteiger partial charge in [-0.1, -0.05) is 29.8 Å². The zero-order chi connectivity index (χ0) is 15.5. The quantitative estimate of drug-likeness (QED) is 0.774. The van der Waals surface area contributed by atoms with Gasteiger partial charge in [-0.15, -0.1) is 11.3 Å². The Morgan fingerprint density at radius 2 is 1.95 bits per heavy atom. The molecule has 2 aromatic heterocycles. The Hall–Kier alpha value is -2.24. The average Bonchev–Trinajstić information content (AvgIpc) is 2.92. The number of nitrogens with zero attached hydrogens (tertiary/aromatic N) is 2. The molecule has 3 rings (SSSR count). The zero-order valence-corrected chi connectivity index (χ0v) is 13.3. The maximum Gasteiger partial charge on any atom is 0.267 e. The topological polar surface area (TPSA) is 54.9 Å². The van der Waals surface area contributed by atoms with Gasteiger partial charge in [0.2, 0.25) is 0 Å². The van der Waals surface area contributed by atoms with Crippen molar-refractivity contribution in [3.63, 3.8) is 0 Å². The van der Waals surface area contributed by atoms with Crippen LogP contribution in [0.5, 0.6) is 0 Å². The molecule has 3 aromatic rings. The lowest BCUT2D eigenvalue weighted by atomic mass is 10.3. The first kappa shape index (κ1) is 14.7. The Morgan fingerprint density at radius 1 is 1.18 bits per heavy atom. The number of amides is 1. The van der Waals surface area contributed by atoms with Crippen LogP contribution in [0.3, 0.4) is 0 Å². The van der Waals surface area contributed by atoms with E-state index in [2.05, 4.69) is 15.3 Å². The van der Waals surface area contributed by atoms with Gasteiger partial charge < -0.3 is 5.32 Å². The van der Waals surface area contributed by atoms with Crippen LogP contribution >= 0.6 is 22.9 Å². The molecule has 0 radical (unpaired) electrons. The van der Waals surface area contributed by atoms with E-state index in [0.29, 0.717) is 21.3 Å². The van der Waals surface area contributed by atoms with E-state index in [0.717, 1.165) is 10.7 Å². The lowest BCUT2D eigenvalue weighted by molar-refractivity contribution is 0.103. The number of aromatic nitrogens is 2. The molecule has 0 aliphatic rings. The van der Waals surface area contributed by atoms with Gasteiger partial charge in [0.25, 0.3) is 5.91 Å². The third-order valence-electron chi connectivity index (χ3n) is 3.01. The van der Waals surface area contributed by atoms with E-state index >= 15 is 0 Å². The molecular formula is C16H12ClN3OS. The predicted molar refractivity (Wildman–Crippen MR) is 89.5 cm³/mol. The minimum atomic E-state index is -0.217.